The van der Waals surface area contributed by atoms with Crippen molar-refractivity contribution in [2.24, 2.45) is 0 Å². The molecule has 0 aromatic heterocycles. The van der Waals surface area contributed by atoms with E-state index < -0.39 is 24.4 Å². The van der Waals surface area contributed by atoms with Crippen LogP contribution in [0.2, 0.25) is 0 Å². The van der Waals surface area contributed by atoms with E-state index in [9.17, 15) is 20.1 Å². The van der Waals surface area contributed by atoms with Crippen molar-refractivity contribution in [3.63, 3.8) is 0 Å². The van der Waals surface area contributed by atoms with Crippen LogP contribution in [0.15, 0.2) is 24.3 Å². The fourth-order valence-corrected chi connectivity index (χ4v) is 2.45. The number of ketones is 1. The summed E-state index contributed by atoms with van der Waals surface area (Å²) in [5.41, 5.74) is 1.02. The lowest BCUT2D eigenvalue weighted by atomic mass is 9.95. The van der Waals surface area contributed by atoms with E-state index >= 15 is 0 Å². The van der Waals surface area contributed by atoms with E-state index in [1.165, 1.54) is 0 Å². The average Bonchev–Trinajstić information content (AvgIpc) is 2.54. The molecule has 0 saturated carbocycles. The van der Waals surface area contributed by atoms with E-state index in [4.69, 9.17) is 9.47 Å². The summed E-state index contributed by atoms with van der Waals surface area (Å²) in [4.78, 5) is 12.0. The second-order valence-electron chi connectivity index (χ2n) is 5.51. The van der Waals surface area contributed by atoms with Gasteiger partial charge < -0.3 is 24.8 Å². The predicted molar refractivity (Wildman–Crippen MR) is 78.7 cm³/mol. The fourth-order valence-electron chi connectivity index (χ4n) is 2.45. The normalized spacial score (nSPS) is 28.4. The number of aliphatic hydroxyl groups excluding tert-OH is 3. The molecule has 1 aromatic rings. The molecule has 3 N–H and O–H groups in total. The summed E-state index contributed by atoms with van der Waals surface area (Å²) in [7, 11) is 1.60. The highest BCUT2D eigenvalue weighted by Gasteiger charge is 2.38. The monoisotopic (exact) mass is 310 g/mol. The van der Waals surface area contributed by atoms with Crippen molar-refractivity contribution in [1.82, 2.24) is 0 Å². The first kappa shape index (κ1) is 16.9. The van der Waals surface area contributed by atoms with Gasteiger partial charge in [0.05, 0.1) is 19.8 Å². The van der Waals surface area contributed by atoms with Gasteiger partial charge in [-0.3, -0.25) is 4.79 Å². The molecular weight excluding hydrogens is 288 g/mol. The zero-order chi connectivity index (χ0) is 16.1. The van der Waals surface area contributed by atoms with Gasteiger partial charge in [0.15, 0.2) is 0 Å². The van der Waals surface area contributed by atoms with Gasteiger partial charge in [-0.25, -0.2) is 0 Å². The number of carbonyl (C=O) groups excluding carboxylic acids is 1. The van der Waals surface area contributed by atoms with Gasteiger partial charge in [0.25, 0.3) is 0 Å². The predicted octanol–water partition coefficient (Wildman–Crippen LogP) is 0.0685. The van der Waals surface area contributed by atoms with Crippen LogP contribution in [0, 0.1) is 0 Å². The van der Waals surface area contributed by atoms with Crippen LogP contribution in [0.3, 0.4) is 0 Å². The van der Waals surface area contributed by atoms with Gasteiger partial charge in [0.2, 0.25) is 0 Å². The van der Waals surface area contributed by atoms with E-state index in [0.717, 1.165) is 11.3 Å². The fraction of sp³-hybridized carbons (Fsp3) is 0.562. The minimum Gasteiger partial charge on any atom is -0.497 e. The van der Waals surface area contributed by atoms with Crippen LogP contribution in [0.4, 0.5) is 0 Å². The first-order valence-electron chi connectivity index (χ1n) is 7.31. The summed E-state index contributed by atoms with van der Waals surface area (Å²) in [6.45, 7) is -0.0747. The summed E-state index contributed by atoms with van der Waals surface area (Å²) in [5.74, 6) is 0.713. The number of benzene rings is 1. The van der Waals surface area contributed by atoms with E-state index in [2.05, 4.69) is 0 Å². The number of aryl methyl sites for hydroxylation is 1. The Hall–Kier alpha value is -1.47. The van der Waals surface area contributed by atoms with Crippen LogP contribution in [0.5, 0.6) is 5.75 Å². The maximum atomic E-state index is 12.0. The molecule has 0 aliphatic carbocycles. The van der Waals surface area contributed by atoms with Gasteiger partial charge in [0, 0.05) is 12.8 Å². The van der Waals surface area contributed by atoms with E-state index in [-0.39, 0.29) is 18.8 Å². The lowest BCUT2D eigenvalue weighted by molar-refractivity contribution is -0.189. The Kier molecular flexibility index (Phi) is 5.90. The molecule has 122 valence electrons. The third-order valence-corrected chi connectivity index (χ3v) is 3.89. The van der Waals surface area contributed by atoms with Crippen LogP contribution in [0.25, 0.3) is 0 Å². The molecule has 1 aliphatic heterocycles. The molecule has 1 aromatic carbocycles. The van der Waals surface area contributed by atoms with E-state index in [1.807, 2.05) is 24.3 Å². The summed E-state index contributed by atoms with van der Waals surface area (Å²) >= 11 is 0. The van der Waals surface area contributed by atoms with Crippen molar-refractivity contribution in [2.45, 2.75) is 43.7 Å². The lowest BCUT2D eigenvalue weighted by Crippen LogP contribution is -2.53. The molecule has 6 heteroatoms. The molecule has 1 fully saturated rings. The summed E-state index contributed by atoms with van der Waals surface area (Å²) in [6.07, 6.45) is -3.43. The Labute approximate surface area is 129 Å². The molecule has 4 atom stereocenters. The standard InChI is InChI=1S/C16H22O6/c1-21-12-6-3-10(4-7-12)2-5-11(17)8-14-16(20)15(19)13(18)9-22-14/h3-4,6-7,13-16,18-20H,2,5,8-9H2,1H3. The smallest absolute Gasteiger partial charge is 0.135 e. The van der Waals surface area contributed by atoms with Gasteiger partial charge in [0.1, 0.15) is 29.8 Å². The highest BCUT2D eigenvalue weighted by atomic mass is 16.5. The van der Waals surface area contributed by atoms with Crippen LogP contribution >= 0.6 is 0 Å². The number of Topliss-reactive ketones (excluding diaryl/α,β-unsaturated/α-hetero) is 1. The molecule has 1 saturated heterocycles. The topological polar surface area (TPSA) is 96.2 Å². The SMILES string of the molecule is COc1ccc(CCC(=O)CC2OCC(O)C(O)C2O)cc1. The van der Waals surface area contributed by atoms with Crippen molar-refractivity contribution in [2.75, 3.05) is 13.7 Å². The molecule has 2 rings (SSSR count). The highest BCUT2D eigenvalue weighted by Crippen LogP contribution is 2.19. The maximum Gasteiger partial charge on any atom is 0.135 e. The summed E-state index contributed by atoms with van der Waals surface area (Å²) < 4.78 is 10.3. The van der Waals surface area contributed by atoms with Crippen molar-refractivity contribution >= 4 is 5.78 Å². The van der Waals surface area contributed by atoms with Crippen molar-refractivity contribution in [1.29, 1.82) is 0 Å². The Morgan fingerprint density at radius 1 is 1.23 bits per heavy atom. The van der Waals surface area contributed by atoms with Gasteiger partial charge >= 0.3 is 0 Å². The van der Waals surface area contributed by atoms with Crippen molar-refractivity contribution < 1.29 is 29.6 Å². The van der Waals surface area contributed by atoms with Crippen LogP contribution < -0.4 is 4.74 Å². The second-order valence-corrected chi connectivity index (χ2v) is 5.51. The number of methoxy groups -OCH3 is 1. The second kappa shape index (κ2) is 7.69. The molecule has 0 amide bonds. The number of hydrogen-bond donors (Lipinski definition) is 3. The third-order valence-electron chi connectivity index (χ3n) is 3.89. The first-order chi connectivity index (χ1) is 10.5. The minimum atomic E-state index is -1.27. The number of ether oxygens (including phenoxy) is 2. The molecule has 0 radical (unpaired) electrons. The Bertz CT molecular complexity index is 486. The van der Waals surface area contributed by atoms with Crippen molar-refractivity contribution in [3.05, 3.63) is 29.8 Å². The molecule has 1 heterocycles. The van der Waals surface area contributed by atoms with Crippen LogP contribution in [-0.4, -0.2) is 59.2 Å². The van der Waals surface area contributed by atoms with Gasteiger partial charge in [-0.1, -0.05) is 12.1 Å². The zero-order valence-electron chi connectivity index (χ0n) is 12.5. The molecule has 22 heavy (non-hydrogen) atoms. The summed E-state index contributed by atoms with van der Waals surface area (Å²) in [6, 6.07) is 7.48. The lowest BCUT2D eigenvalue weighted by Gasteiger charge is -2.34. The maximum absolute atomic E-state index is 12.0. The highest BCUT2D eigenvalue weighted by molar-refractivity contribution is 5.79. The number of rotatable bonds is 6. The Balaban J connectivity index is 1.80. The van der Waals surface area contributed by atoms with Gasteiger partial charge in [-0.2, -0.15) is 0 Å². The number of carbonyl (C=O) groups is 1. The average molecular weight is 310 g/mol. The first-order valence-corrected chi connectivity index (χ1v) is 7.31. The van der Waals surface area contributed by atoms with Crippen LogP contribution in [0.1, 0.15) is 18.4 Å². The Morgan fingerprint density at radius 2 is 1.91 bits per heavy atom. The van der Waals surface area contributed by atoms with Gasteiger partial charge in [-0.05, 0) is 24.1 Å². The van der Waals surface area contributed by atoms with E-state index in [0.29, 0.717) is 12.8 Å². The molecule has 1 aliphatic rings. The third kappa shape index (κ3) is 4.27. The summed E-state index contributed by atoms with van der Waals surface area (Å²) in [5, 5.41) is 28.7. The molecular formula is C16H22O6. The molecule has 6 nitrogen and oxygen atoms in total. The minimum absolute atomic E-state index is 0.0289. The van der Waals surface area contributed by atoms with Crippen LogP contribution in [-0.2, 0) is 16.0 Å². The molecule has 0 bridgehead atoms. The number of aliphatic hydroxyl groups is 3. The van der Waals surface area contributed by atoms with Crippen molar-refractivity contribution in [3.8, 4) is 5.75 Å². The van der Waals surface area contributed by atoms with Gasteiger partial charge in [-0.15, -0.1) is 0 Å². The van der Waals surface area contributed by atoms with E-state index in [1.54, 1.807) is 7.11 Å². The zero-order valence-corrected chi connectivity index (χ0v) is 12.5. The molecule has 4 unspecified atom stereocenters. The number of hydrogen-bond acceptors (Lipinski definition) is 6. The quantitative estimate of drug-likeness (QED) is 0.688. The largest absolute Gasteiger partial charge is 0.497 e. The Morgan fingerprint density at radius 3 is 2.55 bits per heavy atom. The molecule has 0 spiro atoms.